The van der Waals surface area contributed by atoms with Gasteiger partial charge in [-0.3, -0.25) is 20.2 Å². The minimum atomic E-state index is -0.693. The van der Waals surface area contributed by atoms with E-state index >= 15 is 0 Å². The van der Waals surface area contributed by atoms with Crippen molar-refractivity contribution in [3.05, 3.63) is 50.8 Å². The molecule has 13 heteroatoms. The number of thiophene rings is 2. The Hall–Kier alpha value is -2.82. The van der Waals surface area contributed by atoms with Gasteiger partial charge in [0.2, 0.25) is 0 Å². The molecule has 2 aromatic rings. The number of esters is 2. The zero-order chi connectivity index (χ0) is 22.4. The van der Waals surface area contributed by atoms with E-state index in [2.05, 4.69) is 37.2 Å². The van der Waals surface area contributed by atoms with Gasteiger partial charge in [-0.05, 0) is 28.8 Å². The van der Waals surface area contributed by atoms with E-state index in [-0.39, 0.29) is 21.1 Å². The summed E-state index contributed by atoms with van der Waals surface area (Å²) in [7, 11) is 2.38. The summed E-state index contributed by atoms with van der Waals surface area (Å²) < 4.78 is 9.41. The third kappa shape index (κ3) is 6.09. The van der Waals surface area contributed by atoms with Crippen LogP contribution in [0, 0.1) is 38.0 Å². The molecule has 0 amide bonds. The Labute approximate surface area is 186 Å². The largest absolute Gasteiger partial charge is 0.465 e. The summed E-state index contributed by atoms with van der Waals surface area (Å²) in [5.41, 5.74) is -0.467. The molecule has 10 nitrogen and oxygen atoms in total. The van der Waals surface area contributed by atoms with Gasteiger partial charge in [-0.25, -0.2) is 9.59 Å². The molecule has 0 unspecified atom stereocenters. The van der Waals surface area contributed by atoms with Crippen molar-refractivity contribution in [1.29, 1.82) is 0 Å². The lowest BCUT2D eigenvalue weighted by atomic mass is 10.3. The summed E-state index contributed by atoms with van der Waals surface area (Å²) >= 11 is 5.03. The molecule has 30 heavy (non-hydrogen) atoms. The van der Waals surface area contributed by atoms with Crippen molar-refractivity contribution in [3.63, 3.8) is 0 Å². The summed E-state index contributed by atoms with van der Waals surface area (Å²) in [5.74, 6) is 4.88. The number of hydrogen-bond donors (Lipinski definition) is 0. The van der Waals surface area contributed by atoms with E-state index in [9.17, 15) is 29.8 Å². The molecule has 1 fully saturated rings. The number of nitrogens with zero attached hydrogens (tertiary/aromatic N) is 2. The van der Waals surface area contributed by atoms with Gasteiger partial charge < -0.3 is 9.47 Å². The van der Waals surface area contributed by atoms with E-state index in [1.807, 2.05) is 0 Å². The SMILES string of the molecule is COC(=O)c1sc(Br)cc1[N+](=O)[O-].COC(=O)c1sc(C#CC2CC2)cc1[N+](=O)[O-]. The predicted molar refractivity (Wildman–Crippen MR) is 112 cm³/mol. The average Bonchev–Trinajstić information content (AvgIpc) is 3.30. The Balaban J connectivity index is 0.000000222. The minimum Gasteiger partial charge on any atom is -0.465 e. The number of hydrogen-bond acceptors (Lipinski definition) is 10. The molecule has 0 bridgehead atoms. The van der Waals surface area contributed by atoms with Crippen molar-refractivity contribution < 1.29 is 28.9 Å². The van der Waals surface area contributed by atoms with Crippen molar-refractivity contribution in [2.75, 3.05) is 14.2 Å². The molecule has 0 spiro atoms. The second-order valence-electron chi connectivity index (χ2n) is 5.63. The van der Waals surface area contributed by atoms with E-state index in [1.165, 1.54) is 26.4 Å². The van der Waals surface area contributed by atoms with Gasteiger partial charge in [0.15, 0.2) is 9.75 Å². The Morgan fingerprint density at radius 1 is 1.03 bits per heavy atom. The number of methoxy groups -OCH3 is 2. The summed E-state index contributed by atoms with van der Waals surface area (Å²) in [5, 5.41) is 21.2. The zero-order valence-electron chi connectivity index (χ0n) is 15.5. The first-order chi connectivity index (χ1) is 14.2. The van der Waals surface area contributed by atoms with Crippen molar-refractivity contribution in [2.24, 2.45) is 5.92 Å². The summed E-state index contributed by atoms with van der Waals surface area (Å²) in [6, 6.07) is 2.60. The molecule has 0 atom stereocenters. The van der Waals surface area contributed by atoms with Gasteiger partial charge in [0.05, 0.1) is 32.7 Å². The van der Waals surface area contributed by atoms with Crippen LogP contribution >= 0.6 is 38.6 Å². The smallest absolute Gasteiger partial charge is 0.355 e. The van der Waals surface area contributed by atoms with E-state index in [4.69, 9.17) is 0 Å². The molecular weight excluding hydrogens is 504 g/mol. The monoisotopic (exact) mass is 516 g/mol. The molecule has 158 valence electrons. The van der Waals surface area contributed by atoms with E-state index in [1.54, 1.807) is 0 Å². The molecule has 2 heterocycles. The topological polar surface area (TPSA) is 139 Å². The normalized spacial score (nSPS) is 12.0. The van der Waals surface area contributed by atoms with Crippen molar-refractivity contribution >= 4 is 61.9 Å². The number of carbonyl (C=O) groups excluding carboxylic acids is 2. The first kappa shape index (κ1) is 23.5. The van der Waals surface area contributed by atoms with Crippen molar-refractivity contribution in [2.45, 2.75) is 12.8 Å². The highest BCUT2D eigenvalue weighted by Gasteiger charge is 2.26. The van der Waals surface area contributed by atoms with Crippen LogP contribution in [0.4, 0.5) is 11.4 Å². The van der Waals surface area contributed by atoms with Crippen LogP contribution in [0.3, 0.4) is 0 Å². The second-order valence-corrected chi connectivity index (χ2v) is 9.11. The van der Waals surface area contributed by atoms with Crippen LogP contribution in [-0.4, -0.2) is 36.0 Å². The summed E-state index contributed by atoms with van der Waals surface area (Å²) in [6.45, 7) is 0. The number of rotatable bonds is 4. The van der Waals surface area contributed by atoms with Crippen LogP contribution < -0.4 is 0 Å². The second kappa shape index (κ2) is 10.3. The van der Waals surface area contributed by atoms with E-state index in [0.29, 0.717) is 14.6 Å². The number of halogens is 1. The van der Waals surface area contributed by atoms with Gasteiger partial charge >= 0.3 is 11.9 Å². The molecule has 1 aliphatic rings. The van der Waals surface area contributed by atoms with Crippen LogP contribution in [0.25, 0.3) is 0 Å². The zero-order valence-corrected chi connectivity index (χ0v) is 18.7. The highest BCUT2D eigenvalue weighted by atomic mass is 79.9. The lowest BCUT2D eigenvalue weighted by Gasteiger charge is -1.93. The third-order valence-electron chi connectivity index (χ3n) is 3.51. The summed E-state index contributed by atoms with van der Waals surface area (Å²) in [6.07, 6.45) is 2.18. The highest BCUT2D eigenvalue weighted by molar-refractivity contribution is 9.11. The average molecular weight is 517 g/mol. The predicted octanol–water partition coefficient (Wildman–Crippen LogP) is 4.41. The lowest BCUT2D eigenvalue weighted by Crippen LogP contribution is -2.01. The van der Waals surface area contributed by atoms with Crippen LogP contribution in [0.5, 0.6) is 0 Å². The van der Waals surface area contributed by atoms with E-state index < -0.39 is 21.8 Å². The van der Waals surface area contributed by atoms with Gasteiger partial charge in [0.1, 0.15) is 0 Å². The molecule has 0 saturated heterocycles. The highest BCUT2D eigenvalue weighted by Crippen LogP contribution is 2.33. The third-order valence-corrected chi connectivity index (χ3v) is 6.13. The van der Waals surface area contributed by atoms with Crippen LogP contribution in [0.1, 0.15) is 37.1 Å². The molecule has 0 aliphatic heterocycles. The standard InChI is InChI=1S/C11H9NO4S.C6H4BrNO4S/c1-16-11(13)10-9(12(14)15)6-8(17-10)5-4-7-2-3-7;1-12-6(9)5-3(8(10)11)2-4(7)13-5/h6-7H,2-3H2,1H3;2H,1H3. The molecular formula is C17H13BrN2O8S2. The fourth-order valence-electron chi connectivity index (χ4n) is 1.95. The van der Waals surface area contributed by atoms with Gasteiger partial charge in [0.25, 0.3) is 11.4 Å². The lowest BCUT2D eigenvalue weighted by molar-refractivity contribution is -0.384. The maximum Gasteiger partial charge on any atom is 0.355 e. The molecule has 1 saturated carbocycles. The molecule has 0 N–H and O–H groups in total. The van der Waals surface area contributed by atoms with Gasteiger partial charge in [-0.2, -0.15) is 0 Å². The Kier molecular flexibility index (Phi) is 8.04. The van der Waals surface area contributed by atoms with E-state index in [0.717, 1.165) is 35.5 Å². The van der Waals surface area contributed by atoms with Crippen LogP contribution in [0.2, 0.25) is 0 Å². The van der Waals surface area contributed by atoms with Crippen LogP contribution in [-0.2, 0) is 9.47 Å². The maximum atomic E-state index is 11.3. The Bertz CT molecular complexity index is 1060. The van der Waals surface area contributed by atoms with Gasteiger partial charge in [-0.15, -0.1) is 22.7 Å². The fourth-order valence-corrected chi connectivity index (χ4v) is 4.32. The van der Waals surface area contributed by atoms with Crippen LogP contribution in [0.15, 0.2) is 15.9 Å². The summed E-state index contributed by atoms with van der Waals surface area (Å²) in [4.78, 5) is 42.9. The number of carbonyl (C=O) groups is 2. The van der Waals surface area contributed by atoms with Gasteiger partial charge in [0, 0.05) is 18.1 Å². The minimum absolute atomic E-state index is 0.000579. The first-order valence-electron chi connectivity index (χ1n) is 8.08. The van der Waals surface area contributed by atoms with Crippen molar-refractivity contribution in [1.82, 2.24) is 0 Å². The first-order valence-corrected chi connectivity index (χ1v) is 10.5. The quantitative estimate of drug-likeness (QED) is 0.252. The van der Waals surface area contributed by atoms with Gasteiger partial charge in [-0.1, -0.05) is 11.8 Å². The molecule has 2 aromatic heterocycles. The maximum absolute atomic E-state index is 11.3. The molecule has 3 rings (SSSR count). The fraction of sp³-hybridized carbons (Fsp3) is 0.294. The van der Waals surface area contributed by atoms with Crippen molar-refractivity contribution in [3.8, 4) is 11.8 Å². The Morgan fingerprint density at radius 3 is 2.00 bits per heavy atom. The Morgan fingerprint density at radius 2 is 1.53 bits per heavy atom. The molecule has 0 radical (unpaired) electrons. The number of nitro groups is 2. The molecule has 0 aromatic carbocycles. The number of ether oxygens (including phenoxy) is 2. The molecule has 1 aliphatic carbocycles.